The predicted octanol–water partition coefficient (Wildman–Crippen LogP) is 3.41. The number of halogens is 1. The van der Waals surface area contributed by atoms with E-state index < -0.39 is 0 Å². The molecule has 0 saturated carbocycles. The van der Waals surface area contributed by atoms with Gasteiger partial charge in [0, 0.05) is 36.9 Å². The van der Waals surface area contributed by atoms with E-state index in [1.165, 1.54) is 0 Å². The van der Waals surface area contributed by atoms with Crippen molar-refractivity contribution in [2.24, 2.45) is 0 Å². The number of aromatic amines is 1. The van der Waals surface area contributed by atoms with Gasteiger partial charge in [0.15, 0.2) is 0 Å². The molecule has 0 radical (unpaired) electrons. The van der Waals surface area contributed by atoms with E-state index in [9.17, 15) is 4.79 Å². The van der Waals surface area contributed by atoms with Gasteiger partial charge in [-0.15, -0.1) is 0 Å². The number of carbonyl (C=O) groups excluding carboxylic acids is 1. The molecular weight excluding hydrogens is 352 g/mol. The summed E-state index contributed by atoms with van der Waals surface area (Å²) in [7, 11) is 0. The largest absolute Gasteiger partial charge is 0.379 e. The molecule has 2 aliphatic heterocycles. The number of H-pyrrole nitrogens is 1. The van der Waals surface area contributed by atoms with Crippen molar-refractivity contribution in [1.29, 1.82) is 0 Å². The Labute approximate surface area is 157 Å². The zero-order chi connectivity index (χ0) is 17.9. The van der Waals surface area contributed by atoms with E-state index in [2.05, 4.69) is 21.6 Å². The quantitative estimate of drug-likeness (QED) is 0.864. The Kier molecular flexibility index (Phi) is 5.13. The first-order valence-electron chi connectivity index (χ1n) is 9.14. The molecule has 0 spiro atoms. The molecule has 138 valence electrons. The van der Waals surface area contributed by atoms with Gasteiger partial charge in [0.2, 0.25) is 0 Å². The zero-order valence-electron chi connectivity index (χ0n) is 14.6. The number of hydrogen-bond acceptors (Lipinski definition) is 3. The molecule has 1 unspecified atom stereocenters. The van der Waals surface area contributed by atoms with E-state index in [4.69, 9.17) is 16.3 Å². The number of rotatable bonds is 3. The standard InChI is InChI=1S/C19H23ClN4O2/c20-16-4-2-1-3-15(16)18-11-17(22-23-18)13-5-8-24(9-6-13)19(25)21-14-7-10-26-12-14/h1-4,11,13-14H,5-10,12H2,(H,21,25)(H,22,23). The summed E-state index contributed by atoms with van der Waals surface area (Å²) in [6.45, 7) is 2.87. The molecule has 3 heterocycles. The van der Waals surface area contributed by atoms with Crippen molar-refractivity contribution >= 4 is 17.6 Å². The van der Waals surface area contributed by atoms with E-state index in [-0.39, 0.29) is 12.1 Å². The summed E-state index contributed by atoms with van der Waals surface area (Å²) in [6, 6.07) is 9.99. The molecule has 2 N–H and O–H groups in total. The van der Waals surface area contributed by atoms with Gasteiger partial charge in [0.25, 0.3) is 0 Å². The summed E-state index contributed by atoms with van der Waals surface area (Å²) in [5.74, 6) is 0.387. The highest BCUT2D eigenvalue weighted by molar-refractivity contribution is 6.33. The molecule has 1 atom stereocenters. The van der Waals surface area contributed by atoms with Crippen LogP contribution in [0, 0.1) is 0 Å². The first-order valence-corrected chi connectivity index (χ1v) is 9.52. The van der Waals surface area contributed by atoms with Gasteiger partial charge in [0.1, 0.15) is 0 Å². The highest BCUT2D eigenvalue weighted by atomic mass is 35.5. The van der Waals surface area contributed by atoms with Gasteiger partial charge in [-0.2, -0.15) is 5.10 Å². The number of urea groups is 1. The molecule has 1 aromatic carbocycles. The average molecular weight is 375 g/mol. The van der Waals surface area contributed by atoms with E-state index in [1.54, 1.807) is 0 Å². The molecule has 2 fully saturated rings. The highest BCUT2D eigenvalue weighted by Gasteiger charge is 2.27. The van der Waals surface area contributed by atoms with Crippen molar-refractivity contribution in [1.82, 2.24) is 20.4 Å². The summed E-state index contributed by atoms with van der Waals surface area (Å²) in [5.41, 5.74) is 2.92. The SMILES string of the molecule is O=C(NC1CCOC1)N1CCC(c2cc(-c3ccccc3Cl)n[nH]2)CC1. The van der Waals surface area contributed by atoms with Crippen LogP contribution in [0.15, 0.2) is 30.3 Å². The number of ether oxygens (including phenoxy) is 1. The summed E-state index contributed by atoms with van der Waals surface area (Å²) in [6.07, 6.45) is 2.76. The molecule has 7 heteroatoms. The zero-order valence-corrected chi connectivity index (χ0v) is 15.3. The van der Waals surface area contributed by atoms with Crippen LogP contribution in [0.25, 0.3) is 11.3 Å². The summed E-state index contributed by atoms with van der Waals surface area (Å²) in [5, 5.41) is 11.4. The number of aromatic nitrogens is 2. The van der Waals surface area contributed by atoms with Gasteiger partial charge in [-0.25, -0.2) is 4.79 Å². The Balaban J connectivity index is 1.35. The smallest absolute Gasteiger partial charge is 0.317 e. The molecule has 0 aliphatic carbocycles. The molecule has 26 heavy (non-hydrogen) atoms. The molecular formula is C19H23ClN4O2. The van der Waals surface area contributed by atoms with Gasteiger partial charge in [0.05, 0.1) is 23.4 Å². The minimum Gasteiger partial charge on any atom is -0.379 e. The maximum absolute atomic E-state index is 12.3. The number of amides is 2. The van der Waals surface area contributed by atoms with Crippen LogP contribution < -0.4 is 5.32 Å². The Morgan fingerprint density at radius 3 is 2.81 bits per heavy atom. The van der Waals surface area contributed by atoms with Crippen molar-refractivity contribution in [2.75, 3.05) is 26.3 Å². The molecule has 2 amide bonds. The minimum absolute atomic E-state index is 0.0281. The fraction of sp³-hybridized carbons (Fsp3) is 0.474. The third kappa shape index (κ3) is 3.71. The second-order valence-electron chi connectivity index (χ2n) is 6.96. The fourth-order valence-corrected chi connectivity index (χ4v) is 3.89. The topological polar surface area (TPSA) is 70.2 Å². The second-order valence-corrected chi connectivity index (χ2v) is 7.37. The molecule has 1 aromatic heterocycles. The number of hydrogen-bond donors (Lipinski definition) is 2. The summed E-state index contributed by atoms with van der Waals surface area (Å²) in [4.78, 5) is 14.3. The Morgan fingerprint density at radius 1 is 1.27 bits per heavy atom. The van der Waals surface area contributed by atoms with E-state index >= 15 is 0 Å². The minimum atomic E-state index is 0.0281. The maximum atomic E-state index is 12.3. The van der Waals surface area contributed by atoms with Crippen molar-refractivity contribution in [2.45, 2.75) is 31.2 Å². The lowest BCUT2D eigenvalue weighted by Crippen LogP contribution is -2.47. The Hall–Kier alpha value is -2.05. The van der Waals surface area contributed by atoms with Crippen molar-refractivity contribution in [3.63, 3.8) is 0 Å². The van der Waals surface area contributed by atoms with Crippen LogP contribution >= 0.6 is 11.6 Å². The van der Waals surface area contributed by atoms with Crippen LogP contribution in [0.2, 0.25) is 5.02 Å². The van der Waals surface area contributed by atoms with Crippen molar-refractivity contribution in [3.8, 4) is 11.3 Å². The van der Waals surface area contributed by atoms with E-state index in [0.29, 0.717) is 17.5 Å². The van der Waals surface area contributed by atoms with Crippen LogP contribution in [-0.2, 0) is 4.74 Å². The van der Waals surface area contributed by atoms with Gasteiger partial charge in [-0.3, -0.25) is 5.10 Å². The lowest BCUT2D eigenvalue weighted by atomic mass is 9.93. The predicted molar refractivity (Wildman–Crippen MR) is 100 cm³/mol. The van der Waals surface area contributed by atoms with E-state index in [1.807, 2.05) is 29.2 Å². The number of benzene rings is 1. The summed E-state index contributed by atoms with van der Waals surface area (Å²) < 4.78 is 5.31. The number of nitrogens with zero attached hydrogens (tertiary/aromatic N) is 2. The van der Waals surface area contributed by atoms with Gasteiger partial charge in [-0.1, -0.05) is 29.8 Å². The lowest BCUT2D eigenvalue weighted by molar-refractivity contribution is 0.168. The van der Waals surface area contributed by atoms with Gasteiger partial charge >= 0.3 is 6.03 Å². The average Bonchev–Trinajstić information content (AvgIpc) is 3.34. The van der Waals surface area contributed by atoms with Gasteiger partial charge in [-0.05, 0) is 31.4 Å². The van der Waals surface area contributed by atoms with Crippen molar-refractivity contribution in [3.05, 3.63) is 41.0 Å². The molecule has 0 bridgehead atoms. The number of nitrogens with one attached hydrogen (secondary N) is 2. The fourth-order valence-electron chi connectivity index (χ4n) is 3.66. The Morgan fingerprint density at radius 2 is 2.08 bits per heavy atom. The van der Waals surface area contributed by atoms with E-state index in [0.717, 1.165) is 55.9 Å². The van der Waals surface area contributed by atoms with Crippen LogP contribution in [0.3, 0.4) is 0 Å². The number of carbonyl (C=O) groups is 1. The third-order valence-electron chi connectivity index (χ3n) is 5.23. The van der Waals surface area contributed by atoms with Crippen LogP contribution in [0.1, 0.15) is 30.9 Å². The normalized spacial score (nSPS) is 21.1. The highest BCUT2D eigenvalue weighted by Crippen LogP contribution is 2.31. The number of piperidine rings is 1. The first-order chi connectivity index (χ1) is 12.7. The number of likely N-dealkylation sites (tertiary alicyclic amines) is 1. The molecule has 6 nitrogen and oxygen atoms in total. The molecule has 2 saturated heterocycles. The third-order valence-corrected chi connectivity index (χ3v) is 5.56. The molecule has 2 aromatic rings. The maximum Gasteiger partial charge on any atom is 0.317 e. The lowest BCUT2D eigenvalue weighted by Gasteiger charge is -2.32. The molecule has 4 rings (SSSR count). The first kappa shape index (κ1) is 17.4. The van der Waals surface area contributed by atoms with Crippen LogP contribution in [0.5, 0.6) is 0 Å². The monoisotopic (exact) mass is 374 g/mol. The van der Waals surface area contributed by atoms with Crippen LogP contribution in [-0.4, -0.2) is 53.5 Å². The van der Waals surface area contributed by atoms with Crippen molar-refractivity contribution < 1.29 is 9.53 Å². The Bertz CT molecular complexity index is 764. The second kappa shape index (κ2) is 7.68. The van der Waals surface area contributed by atoms with Crippen LogP contribution in [0.4, 0.5) is 4.79 Å². The summed E-state index contributed by atoms with van der Waals surface area (Å²) >= 11 is 6.26. The van der Waals surface area contributed by atoms with Gasteiger partial charge < -0.3 is 15.0 Å². The molecule has 2 aliphatic rings.